The molecular formula is C49H60F6N10O14S2. The van der Waals surface area contributed by atoms with Crippen molar-refractivity contribution in [2.75, 3.05) is 142 Å². The SMILES string of the molecule is O=C1c2ccc(C(c3ccc4c(c3)C(=O)N(CCOCCOCCOCCn3cc(CN5CCS(=O)(=O)CC5)nn3)C4=O)(C(F)(F)F)C(F)(F)F)cc2C(=O)N1CCOCCOCCOCCn1cc(CN2CCS(=O)(=O)CC2)nn1. The summed E-state index contributed by atoms with van der Waals surface area (Å²) in [4.78, 5) is 58.7. The molecule has 2 aromatic heterocycles. The van der Waals surface area contributed by atoms with Crippen molar-refractivity contribution in [2.24, 2.45) is 0 Å². The minimum atomic E-state index is -6.14. The summed E-state index contributed by atoms with van der Waals surface area (Å²) in [6.45, 7) is 3.84. The van der Waals surface area contributed by atoms with Crippen molar-refractivity contribution in [3.63, 3.8) is 0 Å². The lowest BCUT2D eigenvalue weighted by Crippen LogP contribution is -2.55. The Labute approximate surface area is 461 Å². The summed E-state index contributed by atoms with van der Waals surface area (Å²) in [6, 6.07) is 3.09. The van der Waals surface area contributed by atoms with Crippen LogP contribution in [0.25, 0.3) is 0 Å². The van der Waals surface area contributed by atoms with E-state index in [4.69, 9.17) is 28.4 Å². The van der Waals surface area contributed by atoms with Crippen LogP contribution in [0.5, 0.6) is 0 Å². The summed E-state index contributed by atoms with van der Waals surface area (Å²) in [7, 11) is -5.98. The number of carbonyl (C=O) groups excluding carboxylic acids is 4. The number of halogens is 6. The summed E-state index contributed by atoms with van der Waals surface area (Å²) >= 11 is 0. The largest absolute Gasteiger partial charge is 0.411 e. The molecule has 4 aliphatic rings. The lowest BCUT2D eigenvalue weighted by atomic mass is 9.71. The number of imide groups is 2. The van der Waals surface area contributed by atoms with Gasteiger partial charge in [0.15, 0.2) is 19.7 Å². The van der Waals surface area contributed by atoms with E-state index in [1.54, 1.807) is 21.8 Å². The molecular weight excluding hydrogens is 1130 g/mol. The molecule has 4 amide bonds. The monoisotopic (exact) mass is 1190 g/mol. The van der Waals surface area contributed by atoms with E-state index < -0.39 is 94.5 Å². The fourth-order valence-electron chi connectivity index (χ4n) is 9.46. The lowest BCUT2D eigenvalue weighted by molar-refractivity contribution is -0.288. The minimum absolute atomic E-state index is 0.00367. The van der Waals surface area contributed by atoms with Crippen molar-refractivity contribution >= 4 is 43.3 Å². The number of rotatable bonds is 30. The highest BCUT2D eigenvalue weighted by molar-refractivity contribution is 7.91. The molecule has 2 fully saturated rings. The Morgan fingerprint density at radius 3 is 1.07 bits per heavy atom. The van der Waals surface area contributed by atoms with Gasteiger partial charge in [-0.2, -0.15) is 26.3 Å². The Kier molecular flexibility index (Phi) is 20.1. The van der Waals surface area contributed by atoms with Gasteiger partial charge in [0.2, 0.25) is 5.41 Å². The van der Waals surface area contributed by atoms with Crippen LogP contribution in [-0.2, 0) is 79.7 Å². The van der Waals surface area contributed by atoms with E-state index >= 15 is 26.3 Å². The van der Waals surface area contributed by atoms with Crippen molar-refractivity contribution in [1.82, 2.24) is 49.6 Å². The molecule has 0 N–H and O–H groups in total. The standard InChI is InChI=1S/C49H60F6N10O14S2/c50-48(51,52)47(49(53,54)55,35-1-3-39-41(29-35)45(68)64(43(39)66)7-15-76-19-23-78-21-17-74-13-5-62-33-37(56-58-62)31-60-9-25-80(70,71)26-10-60)36-2-4-40-42(30-36)46(69)65(44(40)67)8-16-77-20-24-79-22-18-75-14-6-63-34-38(57-59-63)32-61-11-27-81(72,73)28-12-61/h1-4,29-30,33-34H,5-28,31-32H2. The van der Waals surface area contributed by atoms with E-state index in [2.05, 4.69) is 20.6 Å². The number of aromatic nitrogens is 6. The van der Waals surface area contributed by atoms with Gasteiger partial charge in [0.05, 0.1) is 162 Å². The molecule has 4 aromatic rings. The van der Waals surface area contributed by atoms with Gasteiger partial charge in [-0.1, -0.05) is 22.6 Å². The van der Waals surface area contributed by atoms with Crippen molar-refractivity contribution < 1.29 is 90.8 Å². The zero-order chi connectivity index (χ0) is 58.0. The van der Waals surface area contributed by atoms with E-state index in [-0.39, 0.29) is 102 Å². The fourth-order valence-corrected chi connectivity index (χ4v) is 12.0. The molecule has 0 atom stereocenters. The highest BCUT2D eigenvalue weighted by Gasteiger charge is 2.73. The first-order chi connectivity index (χ1) is 38.6. The van der Waals surface area contributed by atoms with Crippen LogP contribution in [0.3, 0.4) is 0 Å². The topological polar surface area (TPSA) is 266 Å². The number of alkyl halides is 6. The zero-order valence-corrected chi connectivity index (χ0v) is 45.4. The van der Waals surface area contributed by atoms with Crippen LogP contribution in [-0.4, -0.2) is 244 Å². The van der Waals surface area contributed by atoms with E-state index in [1.165, 1.54) is 0 Å². The molecule has 0 saturated carbocycles. The number of ether oxygens (including phenoxy) is 6. The highest BCUT2D eigenvalue weighted by atomic mass is 32.2. The van der Waals surface area contributed by atoms with Crippen molar-refractivity contribution in [1.29, 1.82) is 0 Å². The number of benzene rings is 2. The molecule has 0 bridgehead atoms. The van der Waals surface area contributed by atoms with Gasteiger partial charge in [-0.25, -0.2) is 26.2 Å². The second kappa shape index (κ2) is 26.6. The first-order valence-electron chi connectivity index (χ1n) is 25.8. The Bertz CT molecular complexity index is 2880. The van der Waals surface area contributed by atoms with Crippen molar-refractivity contribution in [3.8, 4) is 0 Å². The molecule has 8 rings (SSSR count). The summed E-state index contributed by atoms with van der Waals surface area (Å²) in [5.74, 6) is -3.79. The Morgan fingerprint density at radius 1 is 0.432 bits per heavy atom. The Morgan fingerprint density at radius 2 is 0.741 bits per heavy atom. The smallest absolute Gasteiger partial charge is 0.377 e. The molecule has 444 valence electrons. The van der Waals surface area contributed by atoms with Gasteiger partial charge in [-0.15, -0.1) is 10.2 Å². The minimum Gasteiger partial charge on any atom is -0.377 e. The summed E-state index contributed by atoms with van der Waals surface area (Å²) < 4.78 is 175. The first kappa shape index (κ1) is 61.2. The number of fused-ring (bicyclic) bond motifs is 2. The maximum absolute atomic E-state index is 15.3. The second-order valence-electron chi connectivity index (χ2n) is 19.3. The number of nitrogens with zero attached hydrogens (tertiary/aromatic N) is 10. The second-order valence-corrected chi connectivity index (χ2v) is 23.9. The average Bonchev–Trinajstić information content (AvgIpc) is 4.33. The van der Waals surface area contributed by atoms with E-state index in [0.717, 1.165) is 0 Å². The molecule has 4 aliphatic heterocycles. The number of hydrogen-bond acceptors (Lipinski definition) is 20. The highest BCUT2D eigenvalue weighted by Crippen LogP contribution is 2.57. The van der Waals surface area contributed by atoms with Crippen LogP contribution in [0, 0.1) is 0 Å². The molecule has 0 radical (unpaired) electrons. The van der Waals surface area contributed by atoms with Crippen LogP contribution in [0.15, 0.2) is 48.8 Å². The zero-order valence-electron chi connectivity index (χ0n) is 43.8. The molecule has 0 spiro atoms. The van der Waals surface area contributed by atoms with E-state index in [9.17, 15) is 36.0 Å². The summed E-state index contributed by atoms with van der Waals surface area (Å²) in [6.07, 6.45) is -8.77. The predicted octanol–water partition coefficient (Wildman–Crippen LogP) is 1.43. The predicted molar refractivity (Wildman–Crippen MR) is 269 cm³/mol. The Balaban J connectivity index is 0.745. The molecule has 81 heavy (non-hydrogen) atoms. The van der Waals surface area contributed by atoms with Crippen LogP contribution in [0.2, 0.25) is 0 Å². The first-order valence-corrected chi connectivity index (χ1v) is 29.5. The maximum Gasteiger partial charge on any atom is 0.411 e. The van der Waals surface area contributed by atoms with Gasteiger partial charge >= 0.3 is 12.4 Å². The molecule has 0 unspecified atom stereocenters. The quantitative estimate of drug-likeness (QED) is 0.0406. The number of hydrogen-bond donors (Lipinski definition) is 0. The van der Waals surface area contributed by atoms with E-state index in [1.807, 2.05) is 9.80 Å². The van der Waals surface area contributed by atoms with Crippen LogP contribution in [0.4, 0.5) is 26.3 Å². The number of carbonyl (C=O) groups is 4. The normalized spacial score (nSPS) is 17.9. The molecule has 2 saturated heterocycles. The van der Waals surface area contributed by atoms with Crippen LogP contribution >= 0.6 is 0 Å². The summed E-state index contributed by atoms with van der Waals surface area (Å²) in [5.41, 5.74) is -8.62. The molecule has 32 heteroatoms. The maximum atomic E-state index is 15.3. The molecule has 0 aliphatic carbocycles. The third-order valence-corrected chi connectivity index (χ3v) is 17.0. The van der Waals surface area contributed by atoms with Gasteiger partial charge < -0.3 is 28.4 Å². The van der Waals surface area contributed by atoms with Gasteiger partial charge in [0, 0.05) is 51.7 Å². The van der Waals surface area contributed by atoms with Crippen LogP contribution in [0.1, 0.15) is 63.9 Å². The molecule has 2 aromatic carbocycles. The van der Waals surface area contributed by atoms with Crippen LogP contribution < -0.4 is 0 Å². The van der Waals surface area contributed by atoms with Gasteiger partial charge in [-0.05, 0) is 35.4 Å². The average molecular weight is 1190 g/mol. The third-order valence-electron chi connectivity index (χ3n) is 13.8. The number of sulfone groups is 2. The summed E-state index contributed by atoms with van der Waals surface area (Å²) in [5, 5.41) is 16.3. The van der Waals surface area contributed by atoms with E-state index in [0.29, 0.717) is 123 Å². The lowest BCUT2D eigenvalue weighted by Gasteiger charge is -2.38. The molecule has 24 nitrogen and oxygen atoms in total. The number of amides is 4. The fraction of sp³-hybridized carbons (Fsp3) is 0.592. The third kappa shape index (κ3) is 15.1. The Hall–Kier alpha value is -5.84. The van der Waals surface area contributed by atoms with Gasteiger partial charge in [-0.3, -0.25) is 38.8 Å². The molecule has 6 heterocycles. The van der Waals surface area contributed by atoms with Gasteiger partial charge in [0.1, 0.15) is 0 Å². The van der Waals surface area contributed by atoms with Gasteiger partial charge in [0.25, 0.3) is 23.6 Å². The van der Waals surface area contributed by atoms with Crippen molar-refractivity contribution in [3.05, 3.63) is 93.6 Å². The van der Waals surface area contributed by atoms with Crippen molar-refractivity contribution in [2.45, 2.75) is 43.9 Å².